The number of thiazole rings is 2. The Morgan fingerprint density at radius 1 is 1.23 bits per heavy atom. The lowest BCUT2D eigenvalue weighted by Gasteiger charge is -2.14. The quantitative estimate of drug-likeness (QED) is 0.586. The smallest absolute Gasteiger partial charge is 0.251 e. The lowest BCUT2D eigenvalue weighted by molar-refractivity contribution is -0.141. The van der Waals surface area contributed by atoms with Crippen LogP contribution >= 0.6 is 22.7 Å². The van der Waals surface area contributed by atoms with Crippen LogP contribution in [0.5, 0.6) is 0 Å². The number of aromatic nitrogens is 3. The van der Waals surface area contributed by atoms with E-state index in [-0.39, 0.29) is 0 Å². The van der Waals surface area contributed by atoms with Crippen LogP contribution in [-0.4, -0.2) is 25.4 Å². The van der Waals surface area contributed by atoms with Crippen molar-refractivity contribution in [2.75, 3.05) is 6.26 Å². The predicted octanol–water partition coefficient (Wildman–Crippen LogP) is 5.17. The summed E-state index contributed by atoms with van der Waals surface area (Å²) in [5.74, 6) is 0. The van der Waals surface area contributed by atoms with Crippen LogP contribution in [0.1, 0.15) is 23.4 Å². The second-order valence-electron chi connectivity index (χ2n) is 5.42. The van der Waals surface area contributed by atoms with Gasteiger partial charge in [0.25, 0.3) is 0 Å². The van der Waals surface area contributed by atoms with E-state index < -0.39 is 26.8 Å². The van der Waals surface area contributed by atoms with E-state index >= 15 is 0 Å². The van der Waals surface area contributed by atoms with Crippen LogP contribution in [0.3, 0.4) is 0 Å². The Labute approximate surface area is 156 Å². The molecule has 0 aliphatic heterocycles. The average molecular weight is 418 g/mol. The van der Waals surface area contributed by atoms with Gasteiger partial charge in [-0.05, 0) is 18.6 Å². The summed E-state index contributed by atoms with van der Waals surface area (Å²) in [6.45, 7) is 1.64. The molecule has 26 heavy (non-hydrogen) atoms. The molecule has 2 atom stereocenters. The fourth-order valence-corrected chi connectivity index (χ4v) is 5.03. The second-order valence-corrected chi connectivity index (χ2v) is 9.76. The summed E-state index contributed by atoms with van der Waals surface area (Å²) in [7, 11) is -2.79. The Hall–Kier alpha value is -1.85. The van der Waals surface area contributed by atoms with Crippen molar-refractivity contribution in [3.05, 3.63) is 46.5 Å². The highest BCUT2D eigenvalue weighted by Gasteiger charge is 2.32. The second kappa shape index (κ2) is 7.05. The zero-order valence-electron chi connectivity index (χ0n) is 13.6. The highest BCUT2D eigenvalue weighted by molar-refractivity contribution is 7.93. The maximum atomic E-state index is 13.0. The molecule has 0 spiro atoms. The van der Waals surface area contributed by atoms with Gasteiger partial charge in [0.15, 0.2) is 0 Å². The molecule has 3 rings (SSSR count). The molecule has 11 heteroatoms. The molecule has 0 fully saturated rings. The van der Waals surface area contributed by atoms with Crippen LogP contribution in [0.25, 0.3) is 10.7 Å². The highest BCUT2D eigenvalue weighted by Crippen LogP contribution is 2.32. The van der Waals surface area contributed by atoms with Crippen LogP contribution in [0.4, 0.5) is 18.3 Å². The normalized spacial score (nSPS) is 15.4. The molecule has 5 nitrogen and oxygen atoms in total. The van der Waals surface area contributed by atoms with Crippen LogP contribution in [0, 0.1) is 0 Å². The SMILES string of the molecule is CC(c1ccc(C(F)(F)F)nc1)S(C)(=O)=Nc1nc(-c2nccs2)cs1. The molecule has 0 aliphatic carbocycles. The standard InChI is InChI=1S/C15H13F3N4OS3/c1-9(10-3-4-12(20-7-10)15(16,17)18)26(2,23)22-14-21-11(8-25-14)13-19-5-6-24-13/h3-9H,1-2H3. The topological polar surface area (TPSA) is 68.1 Å². The summed E-state index contributed by atoms with van der Waals surface area (Å²) >= 11 is 2.67. The molecular formula is C15H13F3N4OS3. The minimum absolute atomic E-state index is 0.342. The van der Waals surface area contributed by atoms with E-state index in [1.807, 2.05) is 5.38 Å². The van der Waals surface area contributed by atoms with Crippen molar-refractivity contribution in [1.82, 2.24) is 15.0 Å². The van der Waals surface area contributed by atoms with Gasteiger partial charge in [-0.15, -0.1) is 22.7 Å². The first-order valence-electron chi connectivity index (χ1n) is 7.26. The molecule has 0 aromatic carbocycles. The minimum atomic E-state index is -4.51. The van der Waals surface area contributed by atoms with Gasteiger partial charge < -0.3 is 0 Å². The zero-order chi connectivity index (χ0) is 18.9. The van der Waals surface area contributed by atoms with E-state index in [0.717, 1.165) is 17.3 Å². The third kappa shape index (κ3) is 4.10. The summed E-state index contributed by atoms with van der Waals surface area (Å²) in [6, 6.07) is 2.16. The predicted molar refractivity (Wildman–Crippen MR) is 97.0 cm³/mol. The summed E-state index contributed by atoms with van der Waals surface area (Å²) in [5, 5.41) is 4.08. The maximum absolute atomic E-state index is 13.0. The number of halogens is 3. The molecule has 0 saturated heterocycles. The maximum Gasteiger partial charge on any atom is 0.433 e. The van der Waals surface area contributed by atoms with Gasteiger partial charge in [-0.1, -0.05) is 6.07 Å². The van der Waals surface area contributed by atoms with Gasteiger partial charge in [0.1, 0.15) is 16.4 Å². The fraction of sp³-hybridized carbons (Fsp3) is 0.267. The van der Waals surface area contributed by atoms with Crippen LogP contribution in [0.2, 0.25) is 0 Å². The first-order chi connectivity index (χ1) is 12.2. The molecule has 0 saturated carbocycles. The van der Waals surface area contributed by atoms with Crippen molar-refractivity contribution in [3.8, 4) is 10.7 Å². The molecule has 0 N–H and O–H groups in total. The van der Waals surface area contributed by atoms with Gasteiger partial charge in [-0.2, -0.15) is 17.5 Å². The zero-order valence-corrected chi connectivity index (χ0v) is 16.0. The summed E-state index contributed by atoms with van der Waals surface area (Å²) in [4.78, 5) is 11.9. The van der Waals surface area contributed by atoms with Gasteiger partial charge >= 0.3 is 6.18 Å². The van der Waals surface area contributed by atoms with Crippen molar-refractivity contribution in [3.63, 3.8) is 0 Å². The van der Waals surface area contributed by atoms with Gasteiger partial charge in [-0.3, -0.25) is 4.98 Å². The molecule has 2 unspecified atom stereocenters. The van der Waals surface area contributed by atoms with Gasteiger partial charge in [-0.25, -0.2) is 14.2 Å². The first kappa shape index (κ1) is 18.9. The van der Waals surface area contributed by atoms with E-state index in [1.54, 1.807) is 18.5 Å². The number of hydrogen-bond donors (Lipinski definition) is 0. The molecular weight excluding hydrogens is 405 g/mol. The van der Waals surface area contributed by atoms with E-state index in [0.29, 0.717) is 16.4 Å². The van der Waals surface area contributed by atoms with Crippen LogP contribution in [0.15, 0.2) is 39.6 Å². The largest absolute Gasteiger partial charge is 0.433 e. The Balaban J connectivity index is 1.87. The monoisotopic (exact) mass is 418 g/mol. The third-order valence-corrected chi connectivity index (χ3v) is 7.37. The van der Waals surface area contributed by atoms with E-state index in [9.17, 15) is 17.4 Å². The van der Waals surface area contributed by atoms with Crippen molar-refractivity contribution in [2.45, 2.75) is 18.3 Å². The summed E-state index contributed by atoms with van der Waals surface area (Å²) in [5.41, 5.74) is 0.0924. The highest BCUT2D eigenvalue weighted by atomic mass is 32.2. The molecule has 138 valence electrons. The molecule has 0 amide bonds. The lowest BCUT2D eigenvalue weighted by Crippen LogP contribution is -2.11. The Kier molecular flexibility index (Phi) is 5.13. The number of hydrogen-bond acceptors (Lipinski definition) is 7. The molecule has 3 aromatic rings. The molecule has 3 heterocycles. The van der Waals surface area contributed by atoms with Gasteiger partial charge in [0, 0.05) is 29.4 Å². The van der Waals surface area contributed by atoms with Crippen molar-refractivity contribution in [1.29, 1.82) is 0 Å². The number of nitrogens with zero attached hydrogens (tertiary/aromatic N) is 4. The van der Waals surface area contributed by atoms with Gasteiger partial charge in [0.2, 0.25) is 5.13 Å². The minimum Gasteiger partial charge on any atom is -0.251 e. The number of pyridine rings is 1. The first-order valence-corrected chi connectivity index (χ1v) is 11.0. The fourth-order valence-electron chi connectivity index (χ4n) is 2.05. The van der Waals surface area contributed by atoms with Crippen molar-refractivity contribution in [2.24, 2.45) is 4.36 Å². The van der Waals surface area contributed by atoms with Crippen LogP contribution in [-0.2, 0) is 15.9 Å². The average Bonchev–Trinajstić information content (AvgIpc) is 3.24. The Bertz CT molecular complexity index is 1000. The molecule has 0 bridgehead atoms. The van der Waals surface area contributed by atoms with Crippen molar-refractivity contribution >= 4 is 37.5 Å². The Morgan fingerprint density at radius 3 is 2.58 bits per heavy atom. The number of rotatable bonds is 4. The van der Waals surface area contributed by atoms with Gasteiger partial charge in [0.05, 0.1) is 15.0 Å². The lowest BCUT2D eigenvalue weighted by atomic mass is 10.2. The van der Waals surface area contributed by atoms with E-state index in [1.165, 1.54) is 35.0 Å². The third-order valence-electron chi connectivity index (χ3n) is 3.61. The number of alkyl halides is 3. The Morgan fingerprint density at radius 2 is 2.00 bits per heavy atom. The summed E-state index contributed by atoms with van der Waals surface area (Å²) in [6.07, 6.45) is -0.291. The molecule has 3 aromatic heterocycles. The van der Waals surface area contributed by atoms with Crippen molar-refractivity contribution < 1.29 is 17.4 Å². The summed E-state index contributed by atoms with van der Waals surface area (Å²) < 4.78 is 55.0. The van der Waals surface area contributed by atoms with Crippen LogP contribution < -0.4 is 0 Å². The molecule has 0 aliphatic rings. The van der Waals surface area contributed by atoms with E-state index in [4.69, 9.17) is 0 Å². The molecule has 0 radical (unpaired) electrons. The van der Waals surface area contributed by atoms with E-state index in [2.05, 4.69) is 19.3 Å².